The summed E-state index contributed by atoms with van der Waals surface area (Å²) in [6, 6.07) is 0. The third kappa shape index (κ3) is 9.43. The quantitative estimate of drug-likeness (QED) is 0.478. The van der Waals surface area contributed by atoms with Crippen LogP contribution in [0.1, 0.15) is 53.4 Å². The Kier molecular flexibility index (Phi) is 10.5. The van der Waals surface area contributed by atoms with Crippen LogP contribution in [0.2, 0.25) is 0 Å². The molecular formula is C12H24O2S2. The molecule has 16 heavy (non-hydrogen) atoms. The Bertz CT molecular complexity index is 168. The van der Waals surface area contributed by atoms with Crippen molar-refractivity contribution in [2.75, 3.05) is 6.61 Å². The average molecular weight is 264 g/mol. The summed E-state index contributed by atoms with van der Waals surface area (Å²) >= 11 is 6.66. The van der Waals surface area contributed by atoms with E-state index in [0.29, 0.717) is 4.38 Å². The lowest BCUT2D eigenvalue weighted by atomic mass is 10.2. The second-order valence-electron chi connectivity index (χ2n) is 3.88. The molecule has 0 spiro atoms. The highest BCUT2D eigenvalue weighted by Crippen LogP contribution is 2.18. The maximum absolute atomic E-state index is 5.62. The van der Waals surface area contributed by atoms with Crippen LogP contribution in [0.25, 0.3) is 0 Å². The summed E-state index contributed by atoms with van der Waals surface area (Å²) < 4.78 is 11.7. The van der Waals surface area contributed by atoms with Gasteiger partial charge in [0.15, 0.2) is 0 Å². The second kappa shape index (κ2) is 10.4. The molecule has 0 radical (unpaired) electrons. The smallest absolute Gasteiger partial charge is 0.222 e. The Morgan fingerprint density at radius 1 is 1.25 bits per heavy atom. The minimum absolute atomic E-state index is 0.0887. The molecular weight excluding hydrogens is 240 g/mol. The third-order valence-electron chi connectivity index (χ3n) is 2.08. The van der Waals surface area contributed by atoms with Crippen molar-refractivity contribution in [2.45, 2.75) is 64.9 Å². The molecule has 2 unspecified atom stereocenters. The van der Waals surface area contributed by atoms with Gasteiger partial charge in [-0.1, -0.05) is 26.7 Å². The fraction of sp³-hybridized carbons (Fsp3) is 0.917. The van der Waals surface area contributed by atoms with Gasteiger partial charge in [0.25, 0.3) is 0 Å². The average Bonchev–Trinajstić information content (AvgIpc) is 2.23. The van der Waals surface area contributed by atoms with Gasteiger partial charge in [-0.05, 0) is 50.7 Å². The zero-order chi connectivity index (χ0) is 12.4. The molecule has 0 N–H and O–H groups in total. The minimum atomic E-state index is 0.0887. The first kappa shape index (κ1) is 16.2. The van der Waals surface area contributed by atoms with Crippen molar-refractivity contribution in [3.05, 3.63) is 0 Å². The predicted octanol–water partition coefficient (Wildman–Crippen LogP) is 4.37. The van der Waals surface area contributed by atoms with Gasteiger partial charge in [-0.3, -0.25) is 0 Å². The van der Waals surface area contributed by atoms with Crippen LogP contribution in [-0.4, -0.2) is 22.5 Å². The summed E-state index contributed by atoms with van der Waals surface area (Å²) in [7, 11) is 0. The van der Waals surface area contributed by atoms with Crippen molar-refractivity contribution in [2.24, 2.45) is 0 Å². The molecule has 0 fully saturated rings. The molecule has 0 saturated carbocycles. The lowest BCUT2D eigenvalue weighted by Crippen LogP contribution is -2.14. The van der Waals surface area contributed by atoms with Gasteiger partial charge in [-0.15, -0.1) is 0 Å². The fourth-order valence-corrected chi connectivity index (χ4v) is 2.42. The molecule has 2 nitrogen and oxygen atoms in total. The van der Waals surface area contributed by atoms with Crippen LogP contribution in [-0.2, 0) is 9.47 Å². The molecule has 0 heterocycles. The van der Waals surface area contributed by atoms with Crippen LogP contribution in [0, 0.1) is 0 Å². The van der Waals surface area contributed by atoms with E-state index in [1.807, 2.05) is 6.92 Å². The van der Waals surface area contributed by atoms with Gasteiger partial charge in [0.05, 0.1) is 6.10 Å². The Balaban J connectivity index is 3.63. The summed E-state index contributed by atoms with van der Waals surface area (Å²) in [4.78, 5) is 0. The molecule has 0 amide bonds. The molecule has 96 valence electrons. The Labute approximate surface area is 109 Å². The van der Waals surface area contributed by atoms with E-state index in [1.54, 1.807) is 0 Å². The highest BCUT2D eigenvalue weighted by molar-refractivity contribution is 8.22. The molecule has 0 aromatic carbocycles. The van der Waals surface area contributed by atoms with Gasteiger partial charge in [-0.2, -0.15) is 0 Å². The zero-order valence-electron chi connectivity index (χ0n) is 10.8. The summed E-state index contributed by atoms with van der Waals surface area (Å²) in [6.07, 6.45) is 4.71. The van der Waals surface area contributed by atoms with Crippen molar-refractivity contribution in [3.8, 4) is 0 Å². The van der Waals surface area contributed by atoms with Gasteiger partial charge < -0.3 is 9.47 Å². The molecule has 0 aliphatic carbocycles. The molecule has 0 aromatic heterocycles. The van der Waals surface area contributed by atoms with Gasteiger partial charge in [0, 0.05) is 6.61 Å². The van der Waals surface area contributed by atoms with Crippen LogP contribution < -0.4 is 0 Å². The van der Waals surface area contributed by atoms with Gasteiger partial charge in [-0.25, -0.2) is 0 Å². The molecule has 4 heteroatoms. The maximum atomic E-state index is 5.62. The Hall–Kier alpha value is 0.200. The first-order valence-corrected chi connectivity index (χ1v) is 7.37. The maximum Gasteiger partial charge on any atom is 0.222 e. The van der Waals surface area contributed by atoms with E-state index < -0.39 is 0 Å². The van der Waals surface area contributed by atoms with Crippen molar-refractivity contribution in [3.63, 3.8) is 0 Å². The van der Waals surface area contributed by atoms with Crippen LogP contribution in [0.3, 0.4) is 0 Å². The number of hydrogen-bond acceptors (Lipinski definition) is 4. The van der Waals surface area contributed by atoms with Gasteiger partial charge >= 0.3 is 0 Å². The Morgan fingerprint density at radius 3 is 2.50 bits per heavy atom. The minimum Gasteiger partial charge on any atom is -0.476 e. The molecule has 0 aliphatic rings. The Morgan fingerprint density at radius 2 is 1.94 bits per heavy atom. The fourth-order valence-electron chi connectivity index (χ4n) is 1.20. The second-order valence-corrected chi connectivity index (χ2v) is 5.78. The normalized spacial score (nSPS) is 14.5. The molecule has 0 rings (SSSR count). The number of hydrogen-bond donors (Lipinski definition) is 0. The predicted molar refractivity (Wildman–Crippen MR) is 76.0 cm³/mol. The van der Waals surface area contributed by atoms with E-state index in [4.69, 9.17) is 21.7 Å². The van der Waals surface area contributed by atoms with E-state index in [0.717, 1.165) is 19.4 Å². The van der Waals surface area contributed by atoms with Gasteiger partial charge in [0.2, 0.25) is 4.38 Å². The highest BCUT2D eigenvalue weighted by atomic mass is 32.2. The third-order valence-corrected chi connectivity index (χ3v) is 3.22. The molecule has 0 aromatic rings. The number of rotatable bonds is 8. The lowest BCUT2D eigenvalue weighted by Gasteiger charge is -2.17. The van der Waals surface area contributed by atoms with E-state index in [1.165, 1.54) is 24.6 Å². The van der Waals surface area contributed by atoms with Crippen molar-refractivity contribution in [1.82, 2.24) is 0 Å². The topological polar surface area (TPSA) is 18.5 Å². The standard InChI is InChI=1S/C12H24O2S2/c1-5-7-8-10(3)14-12(15)16-11(4)13-9-6-2/h10-11H,5-9H2,1-4H3. The lowest BCUT2D eigenvalue weighted by molar-refractivity contribution is 0.124. The summed E-state index contributed by atoms with van der Waals surface area (Å²) in [6.45, 7) is 9.13. The van der Waals surface area contributed by atoms with E-state index >= 15 is 0 Å². The molecule has 2 atom stereocenters. The number of unbranched alkanes of at least 4 members (excludes halogenated alkanes) is 1. The van der Waals surface area contributed by atoms with Crippen LogP contribution in [0.5, 0.6) is 0 Å². The summed E-state index contributed by atoms with van der Waals surface area (Å²) in [5.74, 6) is 0. The summed E-state index contributed by atoms with van der Waals surface area (Å²) in [5, 5.41) is 0. The van der Waals surface area contributed by atoms with Crippen LogP contribution in [0.15, 0.2) is 0 Å². The highest BCUT2D eigenvalue weighted by Gasteiger charge is 2.10. The SMILES string of the molecule is CCCCC(C)OC(=S)SC(C)OCCC. The van der Waals surface area contributed by atoms with E-state index in [-0.39, 0.29) is 11.5 Å². The van der Waals surface area contributed by atoms with Crippen molar-refractivity contribution < 1.29 is 9.47 Å². The summed E-state index contributed by atoms with van der Waals surface area (Å²) in [5.41, 5.74) is 0.0887. The number of ether oxygens (including phenoxy) is 2. The first-order valence-electron chi connectivity index (χ1n) is 6.09. The molecule has 0 aliphatic heterocycles. The van der Waals surface area contributed by atoms with Crippen LogP contribution >= 0.6 is 24.0 Å². The van der Waals surface area contributed by atoms with Crippen molar-refractivity contribution in [1.29, 1.82) is 0 Å². The van der Waals surface area contributed by atoms with Gasteiger partial charge in [0.1, 0.15) is 5.44 Å². The molecule has 0 bridgehead atoms. The number of thioether (sulfide) groups is 1. The monoisotopic (exact) mass is 264 g/mol. The van der Waals surface area contributed by atoms with Crippen LogP contribution in [0.4, 0.5) is 0 Å². The van der Waals surface area contributed by atoms with Crippen molar-refractivity contribution >= 4 is 28.4 Å². The number of thiocarbonyl (C=S) groups is 1. The van der Waals surface area contributed by atoms with E-state index in [2.05, 4.69) is 20.8 Å². The molecule has 0 saturated heterocycles. The zero-order valence-corrected chi connectivity index (χ0v) is 12.5. The largest absolute Gasteiger partial charge is 0.476 e. The first-order chi connectivity index (χ1) is 7.60. The van der Waals surface area contributed by atoms with E-state index in [9.17, 15) is 0 Å².